The summed E-state index contributed by atoms with van der Waals surface area (Å²) in [6, 6.07) is 0. The minimum absolute atomic E-state index is 0.0000945. The van der Waals surface area contributed by atoms with E-state index in [0.29, 0.717) is 12.5 Å². The number of nitrogens with zero attached hydrogens (tertiary/aromatic N) is 2. The molecular weight excluding hydrogens is 236 g/mol. The van der Waals surface area contributed by atoms with Crippen molar-refractivity contribution in [2.24, 2.45) is 11.1 Å². The second-order valence-corrected chi connectivity index (χ2v) is 4.51. The van der Waals surface area contributed by atoms with Gasteiger partial charge in [-0.1, -0.05) is 11.1 Å². The maximum absolute atomic E-state index is 12.1. The molecule has 2 rings (SSSR count). The van der Waals surface area contributed by atoms with Gasteiger partial charge in [-0.3, -0.25) is 4.79 Å². The van der Waals surface area contributed by atoms with Gasteiger partial charge in [0.05, 0.1) is 6.54 Å². The molecule has 2 aliphatic rings. The minimum atomic E-state index is -1.16. The number of amides is 1. The van der Waals surface area contributed by atoms with E-state index >= 15 is 0 Å². The zero-order chi connectivity index (χ0) is 13.1. The summed E-state index contributed by atoms with van der Waals surface area (Å²) >= 11 is 0. The van der Waals surface area contributed by atoms with Gasteiger partial charge >= 0.3 is 5.97 Å². The van der Waals surface area contributed by atoms with Crippen molar-refractivity contribution < 1.29 is 19.5 Å². The quantitative estimate of drug-likeness (QED) is 0.701. The summed E-state index contributed by atoms with van der Waals surface area (Å²) in [4.78, 5) is 29.2. The van der Waals surface area contributed by atoms with Crippen molar-refractivity contribution in [2.45, 2.75) is 25.4 Å². The van der Waals surface area contributed by atoms with Crippen molar-refractivity contribution in [2.75, 3.05) is 13.1 Å². The summed E-state index contributed by atoms with van der Waals surface area (Å²) in [5.74, 6) is 1.52. The van der Waals surface area contributed by atoms with Crippen LogP contribution in [0.5, 0.6) is 0 Å². The van der Waals surface area contributed by atoms with Gasteiger partial charge in [0.1, 0.15) is 0 Å². The highest BCUT2D eigenvalue weighted by Crippen LogP contribution is 2.30. The van der Waals surface area contributed by atoms with E-state index in [2.05, 4.69) is 11.1 Å². The second kappa shape index (κ2) is 5.08. The molecule has 0 saturated heterocycles. The van der Waals surface area contributed by atoms with E-state index in [1.807, 2.05) is 0 Å². The van der Waals surface area contributed by atoms with Crippen LogP contribution in [0.1, 0.15) is 19.3 Å². The first kappa shape index (κ1) is 12.4. The van der Waals surface area contributed by atoms with Gasteiger partial charge in [0, 0.05) is 13.0 Å². The van der Waals surface area contributed by atoms with E-state index < -0.39 is 12.1 Å². The number of hydrogen-bond acceptors (Lipinski definition) is 4. The third-order valence-electron chi connectivity index (χ3n) is 2.96. The molecule has 0 aromatic carbocycles. The van der Waals surface area contributed by atoms with Crippen LogP contribution in [0.25, 0.3) is 0 Å². The van der Waals surface area contributed by atoms with E-state index in [0.717, 1.165) is 12.8 Å². The number of carbonyl (C=O) groups excluding carboxylic acids is 1. The van der Waals surface area contributed by atoms with Crippen molar-refractivity contribution in [1.29, 1.82) is 0 Å². The average molecular weight is 250 g/mol. The number of carbonyl (C=O) groups is 2. The highest BCUT2D eigenvalue weighted by Gasteiger charge is 2.36. The normalized spacial score (nSPS) is 21.7. The summed E-state index contributed by atoms with van der Waals surface area (Å²) in [5, 5.41) is 12.1. The van der Waals surface area contributed by atoms with Crippen LogP contribution in [0, 0.1) is 18.3 Å². The molecule has 1 unspecified atom stereocenters. The molecule has 18 heavy (non-hydrogen) atoms. The molecule has 1 heterocycles. The van der Waals surface area contributed by atoms with Crippen LogP contribution in [0.2, 0.25) is 0 Å². The first-order valence-corrected chi connectivity index (χ1v) is 5.80. The maximum Gasteiger partial charge on any atom is 0.353 e. The number of terminal acetylenes is 1. The molecule has 6 heteroatoms. The highest BCUT2D eigenvalue weighted by atomic mass is 16.6. The molecule has 1 atom stereocenters. The Labute approximate surface area is 105 Å². The molecule has 1 amide bonds. The van der Waals surface area contributed by atoms with E-state index in [-0.39, 0.29) is 24.6 Å². The first-order chi connectivity index (χ1) is 8.61. The Hall–Kier alpha value is -2.03. The molecular formula is C12H14N2O4. The topological polar surface area (TPSA) is 79.2 Å². The molecule has 0 aromatic rings. The van der Waals surface area contributed by atoms with Crippen LogP contribution < -0.4 is 0 Å². The van der Waals surface area contributed by atoms with Crippen LogP contribution in [-0.2, 0) is 14.4 Å². The zero-order valence-corrected chi connectivity index (χ0v) is 9.83. The van der Waals surface area contributed by atoms with Gasteiger partial charge in [0.15, 0.2) is 5.71 Å². The lowest BCUT2D eigenvalue weighted by molar-refractivity contribution is -0.141. The fourth-order valence-electron chi connectivity index (χ4n) is 1.79. The maximum atomic E-state index is 12.1. The molecule has 1 N–H and O–H groups in total. The number of oxime groups is 1. The van der Waals surface area contributed by atoms with Crippen molar-refractivity contribution in [3.05, 3.63) is 0 Å². The molecule has 0 radical (unpaired) electrons. The van der Waals surface area contributed by atoms with Crippen LogP contribution in [0.3, 0.4) is 0 Å². The minimum Gasteiger partial charge on any atom is -0.477 e. The fourth-order valence-corrected chi connectivity index (χ4v) is 1.79. The summed E-state index contributed by atoms with van der Waals surface area (Å²) in [6.45, 7) is 0.836. The smallest absolute Gasteiger partial charge is 0.353 e. The molecule has 0 bridgehead atoms. The van der Waals surface area contributed by atoms with Crippen LogP contribution >= 0.6 is 0 Å². The summed E-state index contributed by atoms with van der Waals surface area (Å²) in [6.07, 6.45) is 6.60. The summed E-state index contributed by atoms with van der Waals surface area (Å²) in [5.41, 5.74) is -0.125. The van der Waals surface area contributed by atoms with E-state index in [4.69, 9.17) is 16.4 Å². The Morgan fingerprint density at radius 3 is 2.78 bits per heavy atom. The van der Waals surface area contributed by atoms with Crippen molar-refractivity contribution in [1.82, 2.24) is 4.90 Å². The highest BCUT2D eigenvalue weighted by molar-refractivity contribution is 6.36. The average Bonchev–Trinajstić information content (AvgIpc) is 3.01. The first-order valence-electron chi connectivity index (χ1n) is 5.80. The number of hydrogen-bond donors (Lipinski definition) is 1. The Kier molecular flexibility index (Phi) is 3.51. The molecule has 1 saturated carbocycles. The van der Waals surface area contributed by atoms with Crippen LogP contribution in [-0.4, -0.2) is 46.8 Å². The summed E-state index contributed by atoms with van der Waals surface area (Å²) < 4.78 is 0. The lowest BCUT2D eigenvalue weighted by Crippen LogP contribution is -2.41. The van der Waals surface area contributed by atoms with Gasteiger partial charge in [-0.25, -0.2) is 4.79 Å². The van der Waals surface area contributed by atoms with Crippen molar-refractivity contribution >= 4 is 17.6 Å². The molecule has 6 nitrogen and oxygen atoms in total. The van der Waals surface area contributed by atoms with E-state index in [1.165, 1.54) is 0 Å². The predicted molar refractivity (Wildman–Crippen MR) is 62.7 cm³/mol. The molecule has 1 fully saturated rings. The lowest BCUT2D eigenvalue weighted by Gasteiger charge is -2.22. The Morgan fingerprint density at radius 2 is 2.28 bits per heavy atom. The van der Waals surface area contributed by atoms with Crippen LogP contribution in [0.4, 0.5) is 0 Å². The monoisotopic (exact) mass is 250 g/mol. The van der Waals surface area contributed by atoms with Gasteiger partial charge in [-0.15, -0.1) is 6.42 Å². The molecule has 1 aliphatic carbocycles. The van der Waals surface area contributed by atoms with E-state index in [1.54, 1.807) is 4.90 Å². The number of carboxylic acid groups (broad SMARTS) is 1. The Morgan fingerprint density at radius 1 is 1.56 bits per heavy atom. The molecule has 0 aromatic heterocycles. The molecule has 96 valence electrons. The SMILES string of the molecule is C#CCN(CC1CC1)C(=O)C1CC(C(=O)O)=NO1. The third kappa shape index (κ3) is 2.80. The van der Waals surface area contributed by atoms with Crippen LogP contribution in [0.15, 0.2) is 5.16 Å². The fraction of sp³-hybridized carbons (Fsp3) is 0.583. The number of rotatable bonds is 5. The van der Waals surface area contributed by atoms with Gasteiger partial charge in [-0.2, -0.15) is 0 Å². The second-order valence-electron chi connectivity index (χ2n) is 4.51. The van der Waals surface area contributed by atoms with Crippen molar-refractivity contribution in [3.63, 3.8) is 0 Å². The predicted octanol–water partition coefficient (Wildman–Crippen LogP) is 0.0877. The van der Waals surface area contributed by atoms with Gasteiger partial charge in [-0.05, 0) is 18.8 Å². The number of carboxylic acids is 1. The standard InChI is InChI=1S/C12H14N2O4/c1-2-5-14(7-8-3-4-8)11(15)10-6-9(12(16)17)13-18-10/h1,8,10H,3-7H2,(H,16,17). The largest absolute Gasteiger partial charge is 0.477 e. The Balaban J connectivity index is 1.93. The van der Waals surface area contributed by atoms with Gasteiger partial charge in [0.25, 0.3) is 5.91 Å². The van der Waals surface area contributed by atoms with E-state index in [9.17, 15) is 9.59 Å². The summed E-state index contributed by atoms with van der Waals surface area (Å²) in [7, 11) is 0. The number of aliphatic carboxylic acids is 1. The third-order valence-corrected chi connectivity index (χ3v) is 2.96. The van der Waals surface area contributed by atoms with Gasteiger partial charge in [0.2, 0.25) is 6.10 Å². The lowest BCUT2D eigenvalue weighted by atomic mass is 10.1. The molecule has 1 aliphatic heterocycles. The zero-order valence-electron chi connectivity index (χ0n) is 9.83. The van der Waals surface area contributed by atoms with Crippen molar-refractivity contribution in [3.8, 4) is 12.3 Å². The molecule has 0 spiro atoms. The van der Waals surface area contributed by atoms with Gasteiger partial charge < -0.3 is 14.8 Å². The Bertz CT molecular complexity index is 434.